The normalized spacial score (nSPS) is 28.9. The van der Waals surface area contributed by atoms with Crippen LogP contribution in [0.2, 0.25) is 0 Å². The number of rotatable bonds is 2. The van der Waals surface area contributed by atoms with Gasteiger partial charge in [0.2, 0.25) is 0 Å². The van der Waals surface area contributed by atoms with Crippen LogP contribution in [0, 0.1) is 0 Å². The first kappa shape index (κ1) is 10.9. The van der Waals surface area contributed by atoms with Gasteiger partial charge in [0.25, 0.3) is 5.89 Å². The molecule has 4 rings (SSSR count). The van der Waals surface area contributed by atoms with Crippen LogP contribution in [0.5, 0.6) is 0 Å². The van der Waals surface area contributed by atoms with Gasteiger partial charge >= 0.3 is 0 Å². The topological polar surface area (TPSA) is 87.1 Å². The number of anilines is 1. The van der Waals surface area contributed by atoms with Crippen molar-refractivity contribution in [3.8, 4) is 11.5 Å². The summed E-state index contributed by atoms with van der Waals surface area (Å²) in [5, 5.41) is 4.09. The average molecular weight is 258 g/mol. The monoisotopic (exact) mass is 258 g/mol. The Kier molecular flexibility index (Phi) is 2.32. The van der Waals surface area contributed by atoms with Crippen molar-refractivity contribution in [1.82, 2.24) is 15.1 Å². The molecule has 6 heteroatoms. The Balaban J connectivity index is 1.61. The van der Waals surface area contributed by atoms with Crippen LogP contribution >= 0.6 is 0 Å². The molecule has 2 aliphatic rings. The van der Waals surface area contributed by atoms with Crippen LogP contribution in [0.1, 0.15) is 31.0 Å². The number of nitrogen functional groups attached to an aromatic ring is 1. The number of fused-ring (bicyclic) bond motifs is 2. The van der Waals surface area contributed by atoms with E-state index >= 15 is 0 Å². The van der Waals surface area contributed by atoms with Crippen molar-refractivity contribution in [1.29, 1.82) is 0 Å². The highest BCUT2D eigenvalue weighted by Gasteiger charge is 2.43. The summed E-state index contributed by atoms with van der Waals surface area (Å²) in [6, 6.07) is 3.55. The Morgan fingerprint density at radius 3 is 2.89 bits per heavy atom. The quantitative estimate of drug-likeness (QED) is 0.883. The molecule has 4 heterocycles. The highest BCUT2D eigenvalue weighted by atomic mass is 16.5. The smallest absolute Gasteiger partial charge is 0.259 e. The molecular weight excluding hydrogens is 244 g/mol. The molecule has 2 N–H and O–H groups in total. The fourth-order valence-electron chi connectivity index (χ4n) is 2.94. The van der Waals surface area contributed by atoms with Gasteiger partial charge in [-0.25, -0.2) is 4.98 Å². The minimum Gasteiger partial charge on any atom is -0.384 e. The molecule has 2 bridgehead atoms. The van der Waals surface area contributed by atoms with E-state index in [0.717, 1.165) is 30.7 Å². The maximum atomic E-state index is 5.82. The molecule has 98 valence electrons. The van der Waals surface area contributed by atoms with Crippen LogP contribution in [0.15, 0.2) is 22.9 Å². The molecule has 0 spiro atoms. The number of nitrogens with two attached hydrogens (primary N) is 1. The van der Waals surface area contributed by atoms with Crippen LogP contribution in [-0.2, 0) is 4.74 Å². The maximum absolute atomic E-state index is 5.82. The molecule has 0 radical (unpaired) electrons. The van der Waals surface area contributed by atoms with Crippen molar-refractivity contribution in [3.05, 3.63) is 24.2 Å². The third-order valence-electron chi connectivity index (χ3n) is 3.91. The number of nitrogens with zero attached hydrogens (tertiary/aromatic N) is 3. The number of aromatic nitrogens is 3. The largest absolute Gasteiger partial charge is 0.384 e. The number of pyridine rings is 1. The zero-order chi connectivity index (χ0) is 12.8. The summed E-state index contributed by atoms with van der Waals surface area (Å²) in [6.07, 6.45) is 5.55. The Hall–Kier alpha value is -1.95. The minimum absolute atomic E-state index is 0.264. The molecule has 0 aromatic carbocycles. The van der Waals surface area contributed by atoms with Crippen molar-refractivity contribution in [2.24, 2.45) is 0 Å². The van der Waals surface area contributed by atoms with Gasteiger partial charge in [0.1, 0.15) is 5.82 Å². The molecule has 3 unspecified atom stereocenters. The zero-order valence-corrected chi connectivity index (χ0v) is 10.3. The fraction of sp³-hybridized carbons (Fsp3) is 0.462. The molecule has 2 saturated heterocycles. The van der Waals surface area contributed by atoms with E-state index in [1.54, 1.807) is 12.3 Å². The second-order valence-corrected chi connectivity index (χ2v) is 5.15. The van der Waals surface area contributed by atoms with Crippen LogP contribution in [-0.4, -0.2) is 27.3 Å². The van der Waals surface area contributed by atoms with Gasteiger partial charge in [-0.15, -0.1) is 0 Å². The second-order valence-electron chi connectivity index (χ2n) is 5.15. The van der Waals surface area contributed by atoms with E-state index in [0.29, 0.717) is 17.8 Å². The molecular formula is C13H14N4O2. The summed E-state index contributed by atoms with van der Waals surface area (Å²) in [7, 11) is 0. The van der Waals surface area contributed by atoms with Crippen LogP contribution < -0.4 is 5.73 Å². The fourth-order valence-corrected chi connectivity index (χ4v) is 2.94. The van der Waals surface area contributed by atoms with Crippen molar-refractivity contribution in [2.45, 2.75) is 37.4 Å². The SMILES string of the molecule is Nc1ccc(-c2nc(C3CC4CCC3O4)no2)cn1. The number of hydrogen-bond donors (Lipinski definition) is 1. The lowest BCUT2D eigenvalue weighted by atomic mass is 9.89. The van der Waals surface area contributed by atoms with E-state index in [9.17, 15) is 0 Å². The Bertz CT molecular complexity index is 595. The van der Waals surface area contributed by atoms with Crippen molar-refractivity contribution >= 4 is 5.82 Å². The van der Waals surface area contributed by atoms with E-state index in [2.05, 4.69) is 15.1 Å². The number of hydrogen-bond acceptors (Lipinski definition) is 6. The summed E-state index contributed by atoms with van der Waals surface area (Å²) < 4.78 is 11.1. The Morgan fingerprint density at radius 1 is 1.26 bits per heavy atom. The van der Waals surface area contributed by atoms with E-state index in [4.69, 9.17) is 15.0 Å². The third-order valence-corrected chi connectivity index (χ3v) is 3.91. The second kappa shape index (κ2) is 4.03. The first-order valence-corrected chi connectivity index (χ1v) is 6.50. The van der Waals surface area contributed by atoms with Gasteiger partial charge in [-0.2, -0.15) is 4.98 Å². The van der Waals surface area contributed by atoms with E-state index in [1.807, 2.05) is 6.07 Å². The van der Waals surface area contributed by atoms with Crippen LogP contribution in [0.3, 0.4) is 0 Å². The first-order chi connectivity index (χ1) is 9.29. The molecule has 2 fully saturated rings. The van der Waals surface area contributed by atoms with Gasteiger partial charge in [0, 0.05) is 6.20 Å². The molecule has 6 nitrogen and oxygen atoms in total. The van der Waals surface area contributed by atoms with Crippen molar-refractivity contribution < 1.29 is 9.26 Å². The summed E-state index contributed by atoms with van der Waals surface area (Å²) in [6.45, 7) is 0. The molecule has 3 atom stereocenters. The van der Waals surface area contributed by atoms with Crippen LogP contribution in [0.25, 0.3) is 11.5 Å². The van der Waals surface area contributed by atoms with Gasteiger partial charge in [-0.05, 0) is 31.4 Å². The predicted molar refractivity (Wildman–Crippen MR) is 67.2 cm³/mol. The van der Waals surface area contributed by atoms with Gasteiger partial charge in [0.05, 0.1) is 23.7 Å². The van der Waals surface area contributed by atoms with Gasteiger partial charge in [0.15, 0.2) is 5.82 Å². The molecule has 0 saturated carbocycles. The highest BCUT2D eigenvalue weighted by Crippen LogP contribution is 2.43. The van der Waals surface area contributed by atoms with E-state index in [-0.39, 0.29) is 12.0 Å². The van der Waals surface area contributed by atoms with E-state index in [1.165, 1.54) is 0 Å². The van der Waals surface area contributed by atoms with Gasteiger partial charge < -0.3 is 15.0 Å². The lowest BCUT2D eigenvalue weighted by Gasteiger charge is -2.13. The molecule has 2 aromatic heterocycles. The molecule has 2 aliphatic heterocycles. The Morgan fingerprint density at radius 2 is 2.21 bits per heavy atom. The molecule has 19 heavy (non-hydrogen) atoms. The molecule has 0 amide bonds. The average Bonchev–Trinajstić information content (AvgIpc) is 3.15. The number of ether oxygens (including phenoxy) is 1. The predicted octanol–water partition coefficient (Wildman–Crippen LogP) is 1.75. The summed E-state index contributed by atoms with van der Waals surface area (Å²) in [5.41, 5.74) is 6.35. The third kappa shape index (κ3) is 1.79. The summed E-state index contributed by atoms with van der Waals surface area (Å²) >= 11 is 0. The zero-order valence-electron chi connectivity index (χ0n) is 10.3. The summed E-state index contributed by atoms with van der Waals surface area (Å²) in [4.78, 5) is 8.50. The lowest BCUT2D eigenvalue weighted by Crippen LogP contribution is -2.15. The van der Waals surface area contributed by atoms with E-state index < -0.39 is 0 Å². The Labute approximate surface area is 110 Å². The van der Waals surface area contributed by atoms with Gasteiger partial charge in [-0.1, -0.05) is 5.16 Å². The minimum atomic E-state index is 0.264. The molecule has 2 aromatic rings. The van der Waals surface area contributed by atoms with Crippen molar-refractivity contribution in [2.75, 3.05) is 5.73 Å². The highest BCUT2D eigenvalue weighted by molar-refractivity contribution is 5.53. The standard InChI is InChI=1S/C13H14N4O2/c14-11-4-1-7(6-15-11)13-16-12(17-19-13)9-5-8-2-3-10(9)18-8/h1,4,6,8-10H,2-3,5H2,(H2,14,15). The van der Waals surface area contributed by atoms with Gasteiger partial charge in [-0.3, -0.25) is 0 Å². The summed E-state index contributed by atoms with van der Waals surface area (Å²) in [5.74, 6) is 1.99. The maximum Gasteiger partial charge on any atom is 0.259 e. The van der Waals surface area contributed by atoms with Crippen LogP contribution in [0.4, 0.5) is 5.82 Å². The molecule has 0 aliphatic carbocycles. The first-order valence-electron chi connectivity index (χ1n) is 6.50. The van der Waals surface area contributed by atoms with Crippen molar-refractivity contribution in [3.63, 3.8) is 0 Å². The lowest BCUT2D eigenvalue weighted by molar-refractivity contribution is 0.0996.